The van der Waals surface area contributed by atoms with Crippen molar-refractivity contribution in [1.82, 2.24) is 9.55 Å². The predicted molar refractivity (Wildman–Crippen MR) is 73.8 cm³/mol. The fraction of sp³-hybridized carbons (Fsp3) is 0.333. The largest absolute Gasteiger partial charge is 0.371 e. The second-order valence-electron chi connectivity index (χ2n) is 5.06. The number of anilines is 1. The molecule has 0 spiro atoms. The van der Waals surface area contributed by atoms with Gasteiger partial charge >= 0.3 is 0 Å². The summed E-state index contributed by atoms with van der Waals surface area (Å²) in [6, 6.07) is 9.95. The van der Waals surface area contributed by atoms with E-state index < -0.39 is 0 Å². The number of aryl methyl sites for hydroxylation is 1. The predicted octanol–water partition coefficient (Wildman–Crippen LogP) is 2.20. The van der Waals surface area contributed by atoms with Crippen LogP contribution < -0.4 is 4.90 Å². The maximum absolute atomic E-state index is 8.78. The second kappa shape index (κ2) is 4.77. The van der Waals surface area contributed by atoms with E-state index in [1.807, 2.05) is 43.6 Å². The minimum atomic E-state index is 0.684. The lowest BCUT2D eigenvalue weighted by Crippen LogP contribution is -2.48. The van der Waals surface area contributed by atoms with Gasteiger partial charge in [0, 0.05) is 43.6 Å². The van der Waals surface area contributed by atoms with E-state index in [0.717, 1.165) is 31.0 Å². The zero-order valence-electron chi connectivity index (χ0n) is 11.0. The Labute approximate surface area is 112 Å². The fourth-order valence-corrected chi connectivity index (χ4v) is 2.52. The molecule has 0 amide bonds. The molecule has 4 heteroatoms. The summed E-state index contributed by atoms with van der Waals surface area (Å²) in [5, 5.41) is 8.78. The third-order valence-corrected chi connectivity index (χ3v) is 3.70. The van der Waals surface area contributed by atoms with Crippen molar-refractivity contribution < 1.29 is 0 Å². The van der Waals surface area contributed by atoms with Crippen molar-refractivity contribution >= 4 is 5.69 Å². The first-order valence-electron chi connectivity index (χ1n) is 6.49. The summed E-state index contributed by atoms with van der Waals surface area (Å²) in [6.45, 7) is 5.22. The lowest BCUT2D eigenvalue weighted by molar-refractivity contribution is 0.354. The lowest BCUT2D eigenvalue weighted by Gasteiger charge is -2.41. The maximum atomic E-state index is 8.78. The topological polar surface area (TPSA) is 44.9 Å². The molecule has 0 atom stereocenters. The molecule has 1 fully saturated rings. The van der Waals surface area contributed by atoms with Crippen molar-refractivity contribution in [2.24, 2.45) is 5.92 Å². The molecule has 4 nitrogen and oxygen atoms in total. The van der Waals surface area contributed by atoms with Crippen LogP contribution in [0.1, 0.15) is 11.4 Å². The number of rotatable bonds is 3. The number of hydrogen-bond donors (Lipinski definition) is 0. The Bertz CT molecular complexity index is 600. The SMILES string of the molecule is Cc1nccn1CC1CN(c2ccc(C#N)cc2)C1. The lowest BCUT2D eigenvalue weighted by atomic mass is 9.99. The molecule has 1 aromatic heterocycles. The molecule has 1 saturated heterocycles. The van der Waals surface area contributed by atoms with Crippen molar-refractivity contribution in [3.8, 4) is 6.07 Å². The first-order chi connectivity index (χ1) is 9.26. The number of imidazole rings is 1. The highest BCUT2D eigenvalue weighted by atomic mass is 15.2. The van der Waals surface area contributed by atoms with Gasteiger partial charge in [0.15, 0.2) is 0 Å². The van der Waals surface area contributed by atoms with Crippen LogP contribution in [0.3, 0.4) is 0 Å². The zero-order valence-corrected chi connectivity index (χ0v) is 11.0. The van der Waals surface area contributed by atoms with Crippen LogP contribution in [0, 0.1) is 24.2 Å². The van der Waals surface area contributed by atoms with Crippen LogP contribution >= 0.6 is 0 Å². The van der Waals surface area contributed by atoms with Crippen LogP contribution in [0.5, 0.6) is 0 Å². The highest BCUT2D eigenvalue weighted by Crippen LogP contribution is 2.26. The molecule has 0 bridgehead atoms. The summed E-state index contributed by atoms with van der Waals surface area (Å²) in [5.41, 5.74) is 1.92. The van der Waals surface area contributed by atoms with Gasteiger partial charge < -0.3 is 9.47 Å². The molecular formula is C15H16N4. The van der Waals surface area contributed by atoms with Gasteiger partial charge in [-0.1, -0.05) is 0 Å². The minimum Gasteiger partial charge on any atom is -0.371 e. The Morgan fingerprint density at radius 1 is 1.32 bits per heavy atom. The Hall–Kier alpha value is -2.28. The van der Waals surface area contributed by atoms with Crippen molar-refractivity contribution in [2.45, 2.75) is 13.5 Å². The van der Waals surface area contributed by atoms with Crippen LogP contribution in [-0.2, 0) is 6.54 Å². The summed E-state index contributed by atoms with van der Waals surface area (Å²) >= 11 is 0. The molecule has 0 saturated carbocycles. The van der Waals surface area contributed by atoms with E-state index in [1.165, 1.54) is 5.69 Å². The average molecular weight is 252 g/mol. The van der Waals surface area contributed by atoms with Crippen LogP contribution in [0.4, 0.5) is 5.69 Å². The maximum Gasteiger partial charge on any atom is 0.105 e. The van der Waals surface area contributed by atoms with Crippen molar-refractivity contribution in [3.63, 3.8) is 0 Å². The van der Waals surface area contributed by atoms with Crippen LogP contribution in [0.25, 0.3) is 0 Å². The van der Waals surface area contributed by atoms with Gasteiger partial charge in [0.25, 0.3) is 0 Å². The molecule has 2 heterocycles. The van der Waals surface area contributed by atoms with E-state index >= 15 is 0 Å². The minimum absolute atomic E-state index is 0.684. The molecule has 0 unspecified atom stereocenters. The van der Waals surface area contributed by atoms with Gasteiger partial charge in [-0.05, 0) is 31.2 Å². The number of aromatic nitrogens is 2. The van der Waals surface area contributed by atoms with E-state index in [-0.39, 0.29) is 0 Å². The number of nitriles is 1. The third kappa shape index (κ3) is 2.32. The van der Waals surface area contributed by atoms with Gasteiger partial charge in [-0.2, -0.15) is 5.26 Å². The molecule has 1 aliphatic heterocycles. The molecule has 19 heavy (non-hydrogen) atoms. The molecule has 0 N–H and O–H groups in total. The van der Waals surface area contributed by atoms with E-state index in [4.69, 9.17) is 5.26 Å². The molecule has 1 aliphatic rings. The van der Waals surface area contributed by atoms with Gasteiger partial charge in [0.2, 0.25) is 0 Å². The molecule has 3 rings (SSSR count). The van der Waals surface area contributed by atoms with Gasteiger partial charge in [0.1, 0.15) is 5.82 Å². The highest BCUT2D eigenvalue weighted by Gasteiger charge is 2.27. The van der Waals surface area contributed by atoms with Gasteiger partial charge in [0.05, 0.1) is 11.6 Å². The summed E-state index contributed by atoms with van der Waals surface area (Å²) in [5.74, 6) is 1.76. The second-order valence-corrected chi connectivity index (χ2v) is 5.06. The van der Waals surface area contributed by atoms with Crippen LogP contribution in [0.15, 0.2) is 36.7 Å². The molecule has 1 aromatic carbocycles. The van der Waals surface area contributed by atoms with E-state index in [2.05, 4.69) is 20.5 Å². The average Bonchev–Trinajstić information content (AvgIpc) is 2.79. The Morgan fingerprint density at radius 3 is 2.63 bits per heavy atom. The van der Waals surface area contributed by atoms with Gasteiger partial charge in [-0.3, -0.25) is 0 Å². The summed E-state index contributed by atoms with van der Waals surface area (Å²) in [7, 11) is 0. The van der Waals surface area contributed by atoms with E-state index in [0.29, 0.717) is 5.92 Å². The van der Waals surface area contributed by atoms with E-state index in [1.54, 1.807) is 0 Å². The normalized spacial score (nSPS) is 15.1. The summed E-state index contributed by atoms with van der Waals surface area (Å²) in [4.78, 5) is 6.59. The van der Waals surface area contributed by atoms with Gasteiger partial charge in [-0.25, -0.2) is 4.98 Å². The smallest absolute Gasteiger partial charge is 0.105 e. The molecule has 0 radical (unpaired) electrons. The quantitative estimate of drug-likeness (QED) is 0.841. The monoisotopic (exact) mass is 252 g/mol. The van der Waals surface area contributed by atoms with Crippen LogP contribution in [-0.4, -0.2) is 22.6 Å². The summed E-state index contributed by atoms with van der Waals surface area (Å²) in [6.07, 6.45) is 3.89. The highest BCUT2D eigenvalue weighted by molar-refractivity contribution is 5.51. The van der Waals surface area contributed by atoms with Crippen LogP contribution in [0.2, 0.25) is 0 Å². The first kappa shape index (κ1) is 11.8. The first-order valence-corrected chi connectivity index (χ1v) is 6.49. The standard InChI is InChI=1S/C15H16N4/c1-12-17-6-7-18(12)9-14-10-19(11-14)15-4-2-13(8-16)3-5-15/h2-7,14H,9-11H2,1H3. The zero-order chi connectivity index (χ0) is 13.2. The molecule has 2 aromatic rings. The van der Waals surface area contributed by atoms with Gasteiger partial charge in [-0.15, -0.1) is 0 Å². The van der Waals surface area contributed by atoms with E-state index in [9.17, 15) is 0 Å². The molecular weight excluding hydrogens is 236 g/mol. The number of hydrogen-bond acceptors (Lipinski definition) is 3. The number of nitrogens with zero attached hydrogens (tertiary/aromatic N) is 4. The molecule has 0 aliphatic carbocycles. The number of benzene rings is 1. The van der Waals surface area contributed by atoms with Crippen molar-refractivity contribution in [2.75, 3.05) is 18.0 Å². The Kier molecular flexibility index (Phi) is 2.96. The Morgan fingerprint density at radius 2 is 2.05 bits per heavy atom. The van der Waals surface area contributed by atoms with Crippen molar-refractivity contribution in [1.29, 1.82) is 5.26 Å². The summed E-state index contributed by atoms with van der Waals surface area (Å²) < 4.78 is 2.21. The molecule has 96 valence electrons. The Balaban J connectivity index is 1.57. The third-order valence-electron chi connectivity index (χ3n) is 3.70. The van der Waals surface area contributed by atoms with Crippen molar-refractivity contribution in [3.05, 3.63) is 48.0 Å². The fourth-order valence-electron chi connectivity index (χ4n) is 2.52.